The Morgan fingerprint density at radius 3 is 2.29 bits per heavy atom. The lowest BCUT2D eigenvalue weighted by atomic mass is 10.1. The highest BCUT2D eigenvalue weighted by atomic mass is 35.5. The number of anilines is 2. The van der Waals surface area contributed by atoms with Crippen LogP contribution in [0, 0.1) is 0 Å². The fourth-order valence-electron chi connectivity index (χ4n) is 4.19. The Morgan fingerprint density at radius 1 is 0.974 bits per heavy atom. The van der Waals surface area contributed by atoms with Gasteiger partial charge in [0.2, 0.25) is 5.75 Å². The monoisotopic (exact) mass is 538 g/mol. The van der Waals surface area contributed by atoms with Gasteiger partial charge in [-0.05, 0) is 75.7 Å². The van der Waals surface area contributed by atoms with Crippen LogP contribution < -0.4 is 29.2 Å². The third-order valence-corrected chi connectivity index (χ3v) is 6.06. The second kappa shape index (κ2) is 12.1. The average Bonchev–Trinajstić information content (AvgIpc) is 2.89. The molecule has 8 nitrogen and oxygen atoms in total. The van der Waals surface area contributed by atoms with E-state index in [0.717, 1.165) is 5.56 Å². The molecule has 0 saturated heterocycles. The molecule has 38 heavy (non-hydrogen) atoms. The van der Waals surface area contributed by atoms with Gasteiger partial charge < -0.3 is 29.2 Å². The van der Waals surface area contributed by atoms with Crippen molar-refractivity contribution in [2.45, 2.75) is 40.3 Å². The SMILES string of the molecule is CCOc1cc(C(=O)Nc2ccc3c(c2)N(Cc2cccc(Cl)c2)C(=O)C(C)O3)cc(OCC)c1OCC. The zero-order valence-electron chi connectivity index (χ0n) is 21.9. The summed E-state index contributed by atoms with van der Waals surface area (Å²) < 4.78 is 23.0. The number of nitrogens with zero attached hydrogens (tertiary/aromatic N) is 1. The van der Waals surface area contributed by atoms with Crippen LogP contribution in [0.15, 0.2) is 54.6 Å². The lowest BCUT2D eigenvalue weighted by Crippen LogP contribution is -2.44. The predicted molar refractivity (Wildman–Crippen MR) is 147 cm³/mol. The van der Waals surface area contributed by atoms with Gasteiger partial charge in [-0.15, -0.1) is 0 Å². The van der Waals surface area contributed by atoms with Gasteiger partial charge in [-0.2, -0.15) is 0 Å². The normalized spacial score (nSPS) is 14.4. The fraction of sp³-hybridized carbons (Fsp3) is 0.310. The molecule has 1 aliphatic rings. The summed E-state index contributed by atoms with van der Waals surface area (Å²) in [6.07, 6.45) is -0.639. The van der Waals surface area contributed by atoms with Crippen molar-refractivity contribution in [1.82, 2.24) is 0 Å². The number of benzene rings is 3. The number of rotatable bonds is 10. The maximum atomic E-state index is 13.3. The van der Waals surface area contributed by atoms with Gasteiger partial charge in [0.05, 0.1) is 32.1 Å². The molecule has 1 N–H and O–H groups in total. The van der Waals surface area contributed by atoms with Crippen molar-refractivity contribution >= 4 is 34.8 Å². The topological polar surface area (TPSA) is 86.3 Å². The highest BCUT2D eigenvalue weighted by Gasteiger charge is 2.32. The Kier molecular flexibility index (Phi) is 8.63. The van der Waals surface area contributed by atoms with Gasteiger partial charge in [0.15, 0.2) is 17.6 Å². The first kappa shape index (κ1) is 27.1. The zero-order chi connectivity index (χ0) is 27.2. The summed E-state index contributed by atoms with van der Waals surface area (Å²) in [5.41, 5.74) is 2.28. The molecule has 1 aliphatic heterocycles. The largest absolute Gasteiger partial charge is 0.490 e. The maximum Gasteiger partial charge on any atom is 0.268 e. The molecule has 1 unspecified atom stereocenters. The molecule has 200 valence electrons. The van der Waals surface area contributed by atoms with Crippen LogP contribution in [0.2, 0.25) is 5.02 Å². The van der Waals surface area contributed by atoms with Gasteiger partial charge in [0.25, 0.3) is 11.8 Å². The fourth-order valence-corrected chi connectivity index (χ4v) is 4.40. The molecule has 1 atom stereocenters. The third kappa shape index (κ3) is 5.97. The summed E-state index contributed by atoms with van der Waals surface area (Å²) in [6, 6.07) is 15.8. The summed E-state index contributed by atoms with van der Waals surface area (Å²) >= 11 is 6.16. The molecule has 0 aliphatic carbocycles. The van der Waals surface area contributed by atoms with Crippen molar-refractivity contribution in [2.75, 3.05) is 30.0 Å². The lowest BCUT2D eigenvalue weighted by molar-refractivity contribution is -0.125. The molecule has 0 saturated carbocycles. The van der Waals surface area contributed by atoms with Crippen LogP contribution >= 0.6 is 11.6 Å². The van der Waals surface area contributed by atoms with Gasteiger partial charge in [-0.25, -0.2) is 0 Å². The molecule has 0 bridgehead atoms. The Morgan fingerprint density at radius 2 is 1.66 bits per heavy atom. The number of hydrogen-bond acceptors (Lipinski definition) is 6. The number of amides is 2. The number of carbonyl (C=O) groups is 2. The van der Waals surface area contributed by atoms with Crippen LogP contribution in [0.25, 0.3) is 0 Å². The van der Waals surface area contributed by atoms with Crippen LogP contribution in [0.3, 0.4) is 0 Å². The van der Waals surface area contributed by atoms with Crippen molar-refractivity contribution < 1.29 is 28.5 Å². The predicted octanol–water partition coefficient (Wildman–Crippen LogP) is 6.10. The van der Waals surface area contributed by atoms with E-state index in [0.29, 0.717) is 71.3 Å². The summed E-state index contributed by atoms with van der Waals surface area (Å²) in [5.74, 6) is 1.31. The first-order chi connectivity index (χ1) is 18.3. The minimum absolute atomic E-state index is 0.185. The molecule has 0 aromatic heterocycles. The lowest BCUT2D eigenvalue weighted by Gasteiger charge is -2.33. The standard InChI is InChI=1S/C29H31ClN2O6/c1-5-35-25-14-20(15-26(36-6-2)27(25)37-7-3)28(33)31-22-11-12-24-23(16-22)32(29(34)18(4)38-24)17-19-9-8-10-21(30)13-19/h8-16,18H,5-7,17H2,1-4H3,(H,31,33). The summed E-state index contributed by atoms with van der Waals surface area (Å²) in [4.78, 5) is 28.0. The number of nitrogens with one attached hydrogen (secondary N) is 1. The maximum absolute atomic E-state index is 13.3. The minimum atomic E-state index is -0.639. The Bertz CT molecular complexity index is 1300. The smallest absolute Gasteiger partial charge is 0.268 e. The molecular formula is C29H31ClN2O6. The second-order valence-corrected chi connectivity index (χ2v) is 8.99. The van der Waals surface area contributed by atoms with Crippen LogP contribution in [-0.2, 0) is 11.3 Å². The molecular weight excluding hydrogens is 508 g/mol. The van der Waals surface area contributed by atoms with E-state index < -0.39 is 6.10 Å². The van der Waals surface area contributed by atoms with E-state index in [1.807, 2.05) is 39.0 Å². The van der Waals surface area contributed by atoms with E-state index in [9.17, 15) is 9.59 Å². The Balaban J connectivity index is 1.64. The first-order valence-electron chi connectivity index (χ1n) is 12.6. The average molecular weight is 539 g/mol. The van der Waals surface area contributed by atoms with Crippen LogP contribution in [-0.4, -0.2) is 37.7 Å². The summed E-state index contributed by atoms with van der Waals surface area (Å²) in [6.45, 7) is 8.83. The van der Waals surface area contributed by atoms with Crippen LogP contribution in [0.1, 0.15) is 43.6 Å². The van der Waals surface area contributed by atoms with Gasteiger partial charge in [-0.1, -0.05) is 23.7 Å². The first-order valence-corrected chi connectivity index (χ1v) is 13.0. The molecule has 0 radical (unpaired) electrons. The number of carbonyl (C=O) groups excluding carboxylic acids is 2. The molecule has 9 heteroatoms. The van der Waals surface area contributed by atoms with Gasteiger partial charge in [0, 0.05) is 16.3 Å². The molecule has 1 heterocycles. The number of halogens is 1. The van der Waals surface area contributed by atoms with E-state index in [-0.39, 0.29) is 11.8 Å². The van der Waals surface area contributed by atoms with Gasteiger partial charge in [-0.3, -0.25) is 9.59 Å². The molecule has 3 aromatic carbocycles. The molecule has 3 aromatic rings. The van der Waals surface area contributed by atoms with Crippen molar-refractivity contribution in [2.24, 2.45) is 0 Å². The van der Waals surface area contributed by atoms with E-state index in [4.69, 9.17) is 30.5 Å². The van der Waals surface area contributed by atoms with E-state index in [2.05, 4.69) is 5.32 Å². The van der Waals surface area contributed by atoms with Crippen molar-refractivity contribution in [3.05, 3.63) is 70.7 Å². The van der Waals surface area contributed by atoms with Gasteiger partial charge in [0.1, 0.15) is 5.75 Å². The Hall–Kier alpha value is -3.91. The van der Waals surface area contributed by atoms with E-state index in [1.54, 1.807) is 48.2 Å². The van der Waals surface area contributed by atoms with E-state index >= 15 is 0 Å². The Labute approximate surface area is 227 Å². The number of fused-ring (bicyclic) bond motifs is 1. The molecule has 0 fully saturated rings. The molecule has 0 spiro atoms. The van der Waals surface area contributed by atoms with Gasteiger partial charge >= 0.3 is 0 Å². The summed E-state index contributed by atoms with van der Waals surface area (Å²) in [5, 5.41) is 3.50. The quantitative estimate of drug-likeness (QED) is 0.335. The highest BCUT2D eigenvalue weighted by molar-refractivity contribution is 6.30. The van der Waals surface area contributed by atoms with Crippen LogP contribution in [0.5, 0.6) is 23.0 Å². The summed E-state index contributed by atoms with van der Waals surface area (Å²) in [7, 11) is 0. The number of ether oxygens (including phenoxy) is 4. The van der Waals surface area contributed by atoms with E-state index in [1.165, 1.54) is 0 Å². The van der Waals surface area contributed by atoms with Crippen LogP contribution in [0.4, 0.5) is 11.4 Å². The molecule has 4 rings (SSSR count). The number of hydrogen-bond donors (Lipinski definition) is 1. The third-order valence-electron chi connectivity index (χ3n) is 5.83. The highest BCUT2D eigenvalue weighted by Crippen LogP contribution is 2.40. The van der Waals surface area contributed by atoms with Crippen molar-refractivity contribution in [3.8, 4) is 23.0 Å². The minimum Gasteiger partial charge on any atom is -0.490 e. The second-order valence-electron chi connectivity index (χ2n) is 8.55. The van der Waals surface area contributed by atoms with Crippen molar-refractivity contribution in [3.63, 3.8) is 0 Å². The van der Waals surface area contributed by atoms with Crippen molar-refractivity contribution in [1.29, 1.82) is 0 Å². The molecule has 2 amide bonds. The zero-order valence-corrected chi connectivity index (χ0v) is 22.6.